The van der Waals surface area contributed by atoms with Crippen molar-refractivity contribution in [2.75, 3.05) is 12.0 Å². The van der Waals surface area contributed by atoms with Gasteiger partial charge in [-0.1, -0.05) is 54.5 Å². The molecule has 1 aliphatic heterocycles. The van der Waals surface area contributed by atoms with Gasteiger partial charge in [-0.05, 0) is 60.9 Å². The predicted molar refractivity (Wildman–Crippen MR) is 135 cm³/mol. The molecule has 176 valence electrons. The molecule has 1 N–H and O–H groups in total. The lowest BCUT2D eigenvalue weighted by molar-refractivity contribution is 0.244. The molecular weight excluding hydrogens is 440 g/mol. The van der Waals surface area contributed by atoms with Gasteiger partial charge in [0.15, 0.2) is 0 Å². The number of ether oxygens (including phenoxy) is 1. The number of carbonyl (C=O) groups excluding carboxylic acids is 1. The van der Waals surface area contributed by atoms with Gasteiger partial charge in [-0.25, -0.2) is 4.79 Å². The molecule has 2 heterocycles. The molecule has 5 rings (SSSR count). The Balaban J connectivity index is 1.61. The van der Waals surface area contributed by atoms with Gasteiger partial charge in [0.1, 0.15) is 5.75 Å². The lowest BCUT2D eigenvalue weighted by Gasteiger charge is -2.35. The topological polar surface area (TPSA) is 80.5 Å². The molecule has 0 aliphatic carbocycles. The van der Waals surface area contributed by atoms with Gasteiger partial charge in [-0.15, -0.1) is 0 Å². The summed E-state index contributed by atoms with van der Waals surface area (Å²) in [6.07, 6.45) is 0.929. The van der Waals surface area contributed by atoms with Crippen LogP contribution in [-0.2, 0) is 6.42 Å². The van der Waals surface area contributed by atoms with E-state index in [-0.39, 0.29) is 6.03 Å². The minimum atomic E-state index is -0.431. The molecule has 0 spiro atoms. The Hall–Kier alpha value is -4.39. The van der Waals surface area contributed by atoms with Crippen LogP contribution < -0.4 is 15.0 Å². The van der Waals surface area contributed by atoms with Crippen molar-refractivity contribution < 1.29 is 14.1 Å². The van der Waals surface area contributed by atoms with E-state index < -0.39 is 6.04 Å². The summed E-state index contributed by atoms with van der Waals surface area (Å²) in [5, 5.41) is 7.36. The maximum atomic E-state index is 13.3. The first-order valence-corrected chi connectivity index (χ1v) is 11.5. The summed E-state index contributed by atoms with van der Waals surface area (Å²) in [5.41, 5.74) is 5.20. The van der Waals surface area contributed by atoms with Gasteiger partial charge in [0.2, 0.25) is 5.82 Å². The van der Waals surface area contributed by atoms with E-state index >= 15 is 0 Å². The van der Waals surface area contributed by atoms with Crippen LogP contribution >= 0.6 is 0 Å². The zero-order valence-corrected chi connectivity index (χ0v) is 19.9. The van der Waals surface area contributed by atoms with Crippen LogP contribution in [0.25, 0.3) is 17.0 Å². The van der Waals surface area contributed by atoms with Crippen LogP contribution in [0.2, 0.25) is 0 Å². The number of allylic oxidation sites excluding steroid dienone is 1. The second-order valence-electron chi connectivity index (χ2n) is 8.30. The predicted octanol–water partition coefficient (Wildman–Crippen LogP) is 6.01. The highest BCUT2D eigenvalue weighted by Gasteiger charge is 2.36. The summed E-state index contributed by atoms with van der Waals surface area (Å²) in [6, 6.07) is 24.6. The van der Waals surface area contributed by atoms with Crippen molar-refractivity contribution in [1.29, 1.82) is 0 Å². The molecule has 2 amide bonds. The molecule has 7 heteroatoms. The largest absolute Gasteiger partial charge is 0.497 e. The summed E-state index contributed by atoms with van der Waals surface area (Å²) < 4.78 is 11.0. The van der Waals surface area contributed by atoms with Crippen LogP contribution in [-0.4, -0.2) is 23.3 Å². The zero-order chi connectivity index (χ0) is 24.4. The van der Waals surface area contributed by atoms with Crippen LogP contribution in [0.4, 0.5) is 10.5 Å². The molecule has 0 bridgehead atoms. The van der Waals surface area contributed by atoms with E-state index in [1.54, 1.807) is 12.0 Å². The molecule has 1 atom stereocenters. The van der Waals surface area contributed by atoms with Crippen LogP contribution in [0, 0.1) is 0 Å². The number of aryl methyl sites for hydroxylation is 1. The fourth-order valence-electron chi connectivity index (χ4n) is 4.30. The number of carbonyl (C=O) groups is 1. The molecule has 1 aromatic heterocycles. The molecule has 0 saturated carbocycles. The fourth-order valence-corrected chi connectivity index (χ4v) is 4.30. The van der Waals surface area contributed by atoms with Crippen LogP contribution in [0.5, 0.6) is 5.75 Å². The van der Waals surface area contributed by atoms with Gasteiger partial charge in [0, 0.05) is 11.3 Å². The maximum absolute atomic E-state index is 13.3. The van der Waals surface area contributed by atoms with Gasteiger partial charge in [-0.3, -0.25) is 4.90 Å². The SMILES string of the molecule is CCc1ccc(N2C(=O)NC(c3ccccc3)C(c3nc(-c4ccc(OC)cc4)no3)=C2C)cc1. The normalized spacial score (nSPS) is 15.8. The van der Waals surface area contributed by atoms with E-state index in [1.165, 1.54) is 5.56 Å². The average Bonchev–Trinajstić information content (AvgIpc) is 3.39. The van der Waals surface area contributed by atoms with Gasteiger partial charge >= 0.3 is 6.03 Å². The van der Waals surface area contributed by atoms with Crippen molar-refractivity contribution in [3.8, 4) is 17.1 Å². The summed E-state index contributed by atoms with van der Waals surface area (Å²) in [7, 11) is 1.62. The van der Waals surface area contributed by atoms with Crippen LogP contribution in [0.15, 0.2) is 89.1 Å². The number of amides is 2. The highest BCUT2D eigenvalue weighted by molar-refractivity contribution is 6.01. The highest BCUT2D eigenvalue weighted by Crippen LogP contribution is 2.39. The Kier molecular flexibility index (Phi) is 6.06. The number of benzene rings is 3. The van der Waals surface area contributed by atoms with Gasteiger partial charge in [-0.2, -0.15) is 4.98 Å². The minimum absolute atomic E-state index is 0.209. The maximum Gasteiger partial charge on any atom is 0.326 e. The van der Waals surface area contributed by atoms with E-state index in [4.69, 9.17) is 14.2 Å². The molecule has 0 radical (unpaired) electrons. The van der Waals surface area contributed by atoms with E-state index in [0.29, 0.717) is 11.7 Å². The monoisotopic (exact) mass is 466 g/mol. The van der Waals surface area contributed by atoms with Gasteiger partial charge in [0.25, 0.3) is 5.89 Å². The number of aromatic nitrogens is 2. The number of rotatable bonds is 6. The molecule has 1 unspecified atom stereocenters. The number of methoxy groups -OCH3 is 1. The Morgan fingerprint density at radius 1 is 1.00 bits per heavy atom. The van der Waals surface area contributed by atoms with Crippen LogP contribution in [0.1, 0.15) is 36.9 Å². The molecule has 7 nitrogen and oxygen atoms in total. The molecule has 1 aliphatic rings. The van der Waals surface area contributed by atoms with E-state index in [2.05, 4.69) is 17.4 Å². The molecule has 0 fully saturated rings. The number of nitrogens with zero attached hydrogens (tertiary/aromatic N) is 3. The van der Waals surface area contributed by atoms with Gasteiger partial charge in [0.05, 0.1) is 24.4 Å². The van der Waals surface area contributed by atoms with Crippen LogP contribution in [0.3, 0.4) is 0 Å². The number of hydrogen-bond acceptors (Lipinski definition) is 5. The Labute approximate surface area is 204 Å². The first-order chi connectivity index (χ1) is 17.1. The van der Waals surface area contributed by atoms with Crippen molar-refractivity contribution in [1.82, 2.24) is 15.5 Å². The summed E-state index contributed by atoms with van der Waals surface area (Å²) in [6.45, 7) is 4.02. The van der Waals surface area contributed by atoms with E-state index in [1.807, 2.05) is 85.8 Å². The Morgan fingerprint density at radius 3 is 2.37 bits per heavy atom. The quantitative estimate of drug-likeness (QED) is 0.376. The number of nitrogens with one attached hydrogen (secondary N) is 1. The number of anilines is 1. The summed E-state index contributed by atoms with van der Waals surface area (Å²) in [4.78, 5) is 19.7. The summed E-state index contributed by atoms with van der Waals surface area (Å²) >= 11 is 0. The Morgan fingerprint density at radius 2 is 1.71 bits per heavy atom. The van der Waals surface area contributed by atoms with Crippen molar-refractivity contribution in [2.24, 2.45) is 0 Å². The van der Waals surface area contributed by atoms with Crippen molar-refractivity contribution in [3.63, 3.8) is 0 Å². The van der Waals surface area contributed by atoms with Crippen molar-refractivity contribution >= 4 is 17.3 Å². The minimum Gasteiger partial charge on any atom is -0.497 e. The average molecular weight is 467 g/mol. The lowest BCUT2D eigenvalue weighted by Crippen LogP contribution is -2.46. The number of urea groups is 1. The molecular formula is C28H26N4O3. The lowest BCUT2D eigenvalue weighted by atomic mass is 9.94. The van der Waals surface area contributed by atoms with E-state index in [0.717, 1.165) is 40.3 Å². The van der Waals surface area contributed by atoms with Gasteiger partial charge < -0.3 is 14.6 Å². The molecule has 4 aromatic rings. The second kappa shape index (κ2) is 9.46. The summed E-state index contributed by atoms with van der Waals surface area (Å²) in [5.74, 6) is 1.57. The number of hydrogen-bond donors (Lipinski definition) is 1. The first-order valence-electron chi connectivity index (χ1n) is 11.5. The smallest absolute Gasteiger partial charge is 0.326 e. The third-order valence-electron chi connectivity index (χ3n) is 6.23. The Bertz CT molecular complexity index is 1360. The third-order valence-corrected chi connectivity index (χ3v) is 6.23. The van der Waals surface area contributed by atoms with Crippen molar-refractivity contribution in [2.45, 2.75) is 26.3 Å². The highest BCUT2D eigenvalue weighted by atomic mass is 16.5. The van der Waals surface area contributed by atoms with Crippen molar-refractivity contribution in [3.05, 3.63) is 102 Å². The second-order valence-corrected chi connectivity index (χ2v) is 8.30. The standard InChI is InChI=1S/C28H26N4O3/c1-4-19-10-14-22(15-11-19)32-18(2)24(25(29-28(32)33)20-8-6-5-7-9-20)27-30-26(31-35-27)21-12-16-23(34-3)17-13-21/h5-17,25H,4H2,1-3H3,(H,29,33). The first kappa shape index (κ1) is 22.4. The molecule has 3 aromatic carbocycles. The third kappa shape index (κ3) is 4.28. The fraction of sp³-hybridized carbons (Fsp3) is 0.179. The zero-order valence-electron chi connectivity index (χ0n) is 19.9. The molecule has 35 heavy (non-hydrogen) atoms. The van der Waals surface area contributed by atoms with E-state index in [9.17, 15) is 4.79 Å². The molecule has 0 saturated heterocycles.